The van der Waals surface area contributed by atoms with Crippen molar-refractivity contribution >= 4 is 17.7 Å². The van der Waals surface area contributed by atoms with Gasteiger partial charge in [-0.2, -0.15) is 0 Å². The molecule has 10 heteroatoms. The highest BCUT2D eigenvalue weighted by Gasteiger charge is 2.29. The Labute approximate surface area is 224 Å². The minimum atomic E-state index is -0.310. The number of nitrogens with zero attached hydrogens (tertiary/aromatic N) is 3. The molecule has 2 aromatic carbocycles. The number of amides is 1. The third kappa shape index (κ3) is 6.02. The summed E-state index contributed by atoms with van der Waals surface area (Å²) in [6, 6.07) is 12.6. The highest BCUT2D eigenvalue weighted by Crippen LogP contribution is 2.37. The van der Waals surface area contributed by atoms with E-state index in [0.717, 1.165) is 18.5 Å². The maximum atomic E-state index is 13.7. The molecule has 8 nitrogen and oxygen atoms in total. The predicted octanol–water partition coefficient (Wildman–Crippen LogP) is 3.67. The zero-order valence-electron chi connectivity index (χ0n) is 21.1. The first-order chi connectivity index (χ1) is 18.5. The Bertz CT molecular complexity index is 1340. The van der Waals surface area contributed by atoms with Crippen LogP contribution in [0.2, 0.25) is 0 Å². The molecule has 0 unspecified atom stereocenters. The lowest BCUT2D eigenvalue weighted by atomic mass is 10.0. The van der Waals surface area contributed by atoms with Crippen LogP contribution in [0.15, 0.2) is 58.5 Å². The summed E-state index contributed by atoms with van der Waals surface area (Å²) >= 11 is 1.60. The fourth-order valence-corrected chi connectivity index (χ4v) is 5.82. The lowest BCUT2D eigenvalue weighted by molar-refractivity contribution is -0.132. The van der Waals surface area contributed by atoms with Gasteiger partial charge < -0.3 is 20.1 Å². The molecule has 1 aliphatic heterocycles. The molecule has 2 heterocycles. The van der Waals surface area contributed by atoms with Crippen molar-refractivity contribution in [3.8, 4) is 17.2 Å². The molecule has 0 saturated heterocycles. The van der Waals surface area contributed by atoms with Crippen LogP contribution in [0, 0.1) is 5.82 Å². The molecule has 2 N–H and O–H groups in total. The number of nitrogens with one attached hydrogen (secondary N) is 1. The Hall–Kier alpha value is -3.37. The standard InChI is InChI=1S/C28H31FN4O4S/c29-19-8-10-20(11-9-19)37-17-15-30-14-12-26(35)32-16-13-23-22(18-32)27(36)33(24-6-1-2-7-25(24)34)28(31-23)38-21-4-3-5-21/h1-2,6-11,21,30,34H,3-5,12-18H2. The van der Waals surface area contributed by atoms with E-state index >= 15 is 0 Å². The zero-order valence-corrected chi connectivity index (χ0v) is 21.9. The van der Waals surface area contributed by atoms with Crippen molar-refractivity contribution in [3.05, 3.63) is 76.0 Å². The summed E-state index contributed by atoms with van der Waals surface area (Å²) < 4.78 is 20.0. The number of carbonyl (C=O) groups excluding carboxylic acids is 1. The molecule has 200 valence electrons. The summed E-state index contributed by atoms with van der Waals surface area (Å²) in [5.74, 6) is 0.262. The normalized spacial score (nSPS) is 15.1. The lowest BCUT2D eigenvalue weighted by Crippen LogP contribution is -2.42. The quantitative estimate of drug-likeness (QED) is 0.300. The van der Waals surface area contributed by atoms with E-state index in [9.17, 15) is 19.1 Å². The Kier molecular flexibility index (Phi) is 8.29. The van der Waals surface area contributed by atoms with Crippen LogP contribution < -0.4 is 15.6 Å². The maximum absolute atomic E-state index is 13.7. The monoisotopic (exact) mass is 538 g/mol. The smallest absolute Gasteiger partial charge is 0.264 e. The van der Waals surface area contributed by atoms with Crippen molar-refractivity contribution in [2.24, 2.45) is 0 Å². The molecular weight excluding hydrogens is 507 g/mol. The number of para-hydroxylation sites is 2. The Morgan fingerprint density at radius 3 is 2.68 bits per heavy atom. The molecule has 38 heavy (non-hydrogen) atoms. The Morgan fingerprint density at radius 2 is 1.95 bits per heavy atom. The first-order valence-electron chi connectivity index (χ1n) is 13.0. The van der Waals surface area contributed by atoms with E-state index in [1.165, 1.54) is 23.1 Å². The lowest BCUT2D eigenvalue weighted by Gasteiger charge is -2.30. The van der Waals surface area contributed by atoms with E-state index in [2.05, 4.69) is 5.32 Å². The van der Waals surface area contributed by atoms with Crippen LogP contribution in [-0.4, -0.2) is 57.0 Å². The number of rotatable bonds is 10. The van der Waals surface area contributed by atoms with Crippen molar-refractivity contribution in [2.75, 3.05) is 26.2 Å². The van der Waals surface area contributed by atoms with Gasteiger partial charge in [-0.05, 0) is 49.2 Å². The number of fused-ring (bicyclic) bond motifs is 1. The van der Waals surface area contributed by atoms with Gasteiger partial charge in [-0.3, -0.25) is 14.2 Å². The SMILES string of the molecule is O=C(CCNCCOc1ccc(F)cc1)N1CCc2nc(SC3CCC3)n(-c3ccccc3O)c(=O)c2C1. The van der Waals surface area contributed by atoms with Gasteiger partial charge in [-0.15, -0.1) is 0 Å². The Morgan fingerprint density at radius 1 is 1.16 bits per heavy atom. The molecule has 0 spiro atoms. The van der Waals surface area contributed by atoms with E-state index in [1.807, 2.05) is 0 Å². The molecule has 5 rings (SSSR count). The summed E-state index contributed by atoms with van der Waals surface area (Å²) in [5.41, 5.74) is 1.42. The van der Waals surface area contributed by atoms with Crippen LogP contribution in [0.3, 0.4) is 0 Å². The second-order valence-electron chi connectivity index (χ2n) is 9.49. The molecule has 0 atom stereocenters. The minimum Gasteiger partial charge on any atom is -0.506 e. The van der Waals surface area contributed by atoms with Gasteiger partial charge in [0.15, 0.2) is 5.16 Å². The number of benzene rings is 2. The third-order valence-electron chi connectivity index (χ3n) is 6.88. The molecule has 1 aliphatic carbocycles. The fourth-order valence-electron chi connectivity index (χ4n) is 4.50. The van der Waals surface area contributed by atoms with Gasteiger partial charge in [0.1, 0.15) is 23.9 Å². The number of ether oxygens (including phenoxy) is 1. The summed E-state index contributed by atoms with van der Waals surface area (Å²) in [5, 5.41) is 14.7. The van der Waals surface area contributed by atoms with Crippen LogP contribution >= 0.6 is 11.8 Å². The van der Waals surface area contributed by atoms with Gasteiger partial charge >= 0.3 is 0 Å². The number of hydrogen-bond acceptors (Lipinski definition) is 7. The largest absolute Gasteiger partial charge is 0.506 e. The van der Waals surface area contributed by atoms with Crippen molar-refractivity contribution in [3.63, 3.8) is 0 Å². The summed E-state index contributed by atoms with van der Waals surface area (Å²) in [7, 11) is 0. The van der Waals surface area contributed by atoms with E-state index in [-0.39, 0.29) is 29.6 Å². The number of halogens is 1. The number of carbonyl (C=O) groups is 1. The van der Waals surface area contributed by atoms with Gasteiger partial charge in [0.05, 0.1) is 23.5 Å². The van der Waals surface area contributed by atoms with E-state index in [1.54, 1.807) is 53.1 Å². The van der Waals surface area contributed by atoms with Crippen molar-refractivity contribution in [1.29, 1.82) is 0 Å². The van der Waals surface area contributed by atoms with Gasteiger partial charge in [-0.1, -0.05) is 30.3 Å². The maximum Gasteiger partial charge on any atom is 0.264 e. The van der Waals surface area contributed by atoms with E-state index in [4.69, 9.17) is 9.72 Å². The molecular formula is C28H31FN4O4S. The van der Waals surface area contributed by atoms with Gasteiger partial charge in [0, 0.05) is 37.7 Å². The van der Waals surface area contributed by atoms with Crippen molar-refractivity contribution in [2.45, 2.75) is 49.1 Å². The molecule has 1 aromatic heterocycles. The van der Waals surface area contributed by atoms with Gasteiger partial charge in [0.2, 0.25) is 5.91 Å². The molecule has 0 bridgehead atoms. The van der Waals surface area contributed by atoms with Crippen LogP contribution in [0.1, 0.15) is 36.9 Å². The molecule has 3 aromatic rings. The molecule has 1 saturated carbocycles. The summed E-state index contributed by atoms with van der Waals surface area (Å²) in [6.07, 6.45) is 4.18. The van der Waals surface area contributed by atoms with Crippen LogP contribution in [0.4, 0.5) is 4.39 Å². The second-order valence-corrected chi connectivity index (χ2v) is 10.8. The highest BCUT2D eigenvalue weighted by molar-refractivity contribution is 7.99. The first-order valence-corrected chi connectivity index (χ1v) is 13.8. The third-order valence-corrected chi connectivity index (χ3v) is 8.16. The minimum absolute atomic E-state index is 0.0185. The van der Waals surface area contributed by atoms with Crippen LogP contribution in [0.25, 0.3) is 5.69 Å². The molecule has 1 amide bonds. The number of phenolic OH excluding ortho intramolecular Hbond substituents is 1. The van der Waals surface area contributed by atoms with Gasteiger partial charge in [-0.25, -0.2) is 9.37 Å². The predicted molar refractivity (Wildman–Crippen MR) is 143 cm³/mol. The average Bonchev–Trinajstić information content (AvgIpc) is 2.90. The number of thioether (sulfide) groups is 1. The fraction of sp³-hybridized carbons (Fsp3) is 0.393. The number of aromatic nitrogens is 2. The summed E-state index contributed by atoms with van der Waals surface area (Å²) in [6.45, 7) is 2.14. The Balaban J connectivity index is 1.21. The number of hydrogen-bond donors (Lipinski definition) is 2. The van der Waals surface area contributed by atoms with Crippen molar-refractivity contribution < 1.29 is 19.0 Å². The highest BCUT2D eigenvalue weighted by atomic mass is 32.2. The zero-order chi connectivity index (χ0) is 26.5. The number of phenols is 1. The topological polar surface area (TPSA) is 96.7 Å². The van der Waals surface area contributed by atoms with Crippen LogP contribution in [-0.2, 0) is 17.8 Å². The number of aromatic hydroxyl groups is 1. The van der Waals surface area contributed by atoms with Crippen LogP contribution in [0.5, 0.6) is 11.5 Å². The average molecular weight is 539 g/mol. The molecule has 0 radical (unpaired) electrons. The summed E-state index contributed by atoms with van der Waals surface area (Å²) in [4.78, 5) is 33.2. The van der Waals surface area contributed by atoms with Gasteiger partial charge in [0.25, 0.3) is 5.56 Å². The van der Waals surface area contributed by atoms with E-state index in [0.29, 0.717) is 66.5 Å². The van der Waals surface area contributed by atoms with E-state index < -0.39 is 0 Å². The van der Waals surface area contributed by atoms with Crippen molar-refractivity contribution in [1.82, 2.24) is 19.8 Å². The molecule has 2 aliphatic rings. The molecule has 1 fully saturated rings. The second kappa shape index (κ2) is 12.0. The first kappa shape index (κ1) is 26.2.